The average Bonchev–Trinajstić information content (AvgIpc) is 3.70. The highest BCUT2D eigenvalue weighted by molar-refractivity contribution is 5.72. The van der Waals surface area contributed by atoms with Crippen molar-refractivity contribution in [3.8, 4) is 5.75 Å². The van der Waals surface area contributed by atoms with Gasteiger partial charge in [-0.25, -0.2) is 9.37 Å². The zero-order valence-electron chi connectivity index (χ0n) is 27.0. The van der Waals surface area contributed by atoms with E-state index in [0.29, 0.717) is 12.2 Å². The fourth-order valence-electron chi connectivity index (χ4n) is 7.28. The van der Waals surface area contributed by atoms with Gasteiger partial charge < -0.3 is 24.3 Å². The molecule has 11 heteroatoms. The first kappa shape index (κ1) is 31.0. The highest BCUT2D eigenvalue weighted by atomic mass is 19.1. The van der Waals surface area contributed by atoms with Crippen LogP contribution in [-0.4, -0.2) is 56.4 Å². The lowest BCUT2D eigenvalue weighted by molar-refractivity contribution is -0.235. The molecular weight excluding hydrogens is 601 g/mol. The van der Waals surface area contributed by atoms with E-state index in [1.54, 1.807) is 25.5 Å². The second-order valence-electron chi connectivity index (χ2n) is 12.8. The van der Waals surface area contributed by atoms with Crippen LogP contribution in [0.25, 0.3) is 11.2 Å². The molecule has 4 atom stereocenters. The Bertz CT molecular complexity index is 1900. The molecule has 2 aliphatic rings. The number of benzene rings is 3. The molecule has 0 aliphatic carbocycles. The number of ether oxygens (including phenoxy) is 4. The van der Waals surface area contributed by atoms with Crippen LogP contribution in [0.2, 0.25) is 0 Å². The molecular formula is C36H38FN5O5. The minimum absolute atomic E-state index is 0.112. The Balaban J connectivity index is 1.41. The summed E-state index contributed by atoms with van der Waals surface area (Å²) in [5.74, 6) is -0.0701. The molecule has 2 fully saturated rings. The van der Waals surface area contributed by atoms with Gasteiger partial charge in [0.25, 0.3) is 5.56 Å². The highest BCUT2D eigenvalue weighted by Crippen LogP contribution is 2.56. The van der Waals surface area contributed by atoms with E-state index in [1.165, 1.54) is 6.33 Å². The fourth-order valence-corrected chi connectivity index (χ4v) is 7.28. The molecule has 0 spiro atoms. The molecule has 7 rings (SSSR count). The van der Waals surface area contributed by atoms with Crippen LogP contribution in [0, 0.1) is 0 Å². The minimum atomic E-state index is -1.25. The summed E-state index contributed by atoms with van der Waals surface area (Å²) >= 11 is 0. The van der Waals surface area contributed by atoms with Gasteiger partial charge in [0, 0.05) is 0 Å². The topological polar surface area (TPSA) is 113 Å². The number of anilines is 1. The average molecular weight is 640 g/mol. The van der Waals surface area contributed by atoms with Crippen molar-refractivity contribution >= 4 is 17.1 Å². The molecule has 2 saturated heterocycles. The molecule has 3 aromatic carbocycles. The molecule has 0 radical (unpaired) electrons. The summed E-state index contributed by atoms with van der Waals surface area (Å²) < 4.78 is 41.1. The molecule has 0 bridgehead atoms. The molecule has 4 heterocycles. The molecule has 10 nitrogen and oxygen atoms in total. The van der Waals surface area contributed by atoms with E-state index in [-0.39, 0.29) is 17.1 Å². The Morgan fingerprint density at radius 3 is 2.15 bits per heavy atom. The van der Waals surface area contributed by atoms with Gasteiger partial charge in [-0.05, 0) is 56.0 Å². The van der Waals surface area contributed by atoms with Crippen LogP contribution in [0.3, 0.4) is 0 Å². The predicted molar refractivity (Wildman–Crippen MR) is 175 cm³/mol. The first-order valence-electron chi connectivity index (χ1n) is 15.7. The van der Waals surface area contributed by atoms with Crippen molar-refractivity contribution in [2.45, 2.75) is 69.0 Å². The van der Waals surface area contributed by atoms with E-state index >= 15 is 0 Å². The van der Waals surface area contributed by atoms with E-state index in [9.17, 15) is 9.18 Å². The van der Waals surface area contributed by atoms with E-state index in [0.717, 1.165) is 16.7 Å². The third kappa shape index (κ3) is 4.83. The molecule has 244 valence electrons. The van der Waals surface area contributed by atoms with E-state index in [2.05, 4.69) is 15.3 Å². The predicted octanol–water partition coefficient (Wildman–Crippen LogP) is 6.09. The van der Waals surface area contributed by atoms with Crippen LogP contribution >= 0.6 is 0 Å². The number of rotatable bonds is 9. The molecule has 2 N–H and O–H groups in total. The first-order valence-corrected chi connectivity index (χ1v) is 15.7. The van der Waals surface area contributed by atoms with Crippen molar-refractivity contribution in [2.75, 3.05) is 19.1 Å². The van der Waals surface area contributed by atoms with Gasteiger partial charge in [-0.15, -0.1) is 0 Å². The first-order chi connectivity index (χ1) is 22.6. The number of alkyl halides is 1. The van der Waals surface area contributed by atoms with Crippen molar-refractivity contribution in [2.24, 2.45) is 0 Å². The maximum atomic E-state index is 14.8. The van der Waals surface area contributed by atoms with Crippen molar-refractivity contribution in [3.63, 3.8) is 0 Å². The summed E-state index contributed by atoms with van der Waals surface area (Å²) in [5.41, 5.74) is -0.719. The zero-order valence-corrected chi connectivity index (χ0v) is 27.0. The largest absolute Gasteiger partial charge is 0.497 e. The van der Waals surface area contributed by atoms with Gasteiger partial charge >= 0.3 is 0 Å². The smallest absolute Gasteiger partial charge is 0.280 e. The van der Waals surface area contributed by atoms with Crippen LogP contribution in [0.5, 0.6) is 5.75 Å². The number of imidazole rings is 1. The van der Waals surface area contributed by atoms with Crippen molar-refractivity contribution < 1.29 is 23.3 Å². The Labute approximate surface area is 271 Å². The van der Waals surface area contributed by atoms with Crippen LogP contribution in [0.15, 0.2) is 96.1 Å². The van der Waals surface area contributed by atoms with Gasteiger partial charge in [-0.3, -0.25) is 14.3 Å². The maximum absolute atomic E-state index is 14.8. The van der Waals surface area contributed by atoms with Gasteiger partial charge in [0.05, 0.1) is 13.4 Å². The lowest BCUT2D eigenvalue weighted by atomic mass is 9.77. The number of H-pyrrole nitrogens is 1. The van der Waals surface area contributed by atoms with Gasteiger partial charge in [0.1, 0.15) is 35.3 Å². The van der Waals surface area contributed by atoms with Gasteiger partial charge in [-0.1, -0.05) is 79.7 Å². The second-order valence-corrected chi connectivity index (χ2v) is 12.8. The Kier molecular flexibility index (Phi) is 7.46. The van der Waals surface area contributed by atoms with Crippen LogP contribution in [0.4, 0.5) is 10.3 Å². The van der Waals surface area contributed by atoms with Crippen molar-refractivity contribution in [3.05, 3.63) is 118 Å². The number of aromatic nitrogens is 4. The quantitative estimate of drug-likeness (QED) is 0.187. The molecule has 0 unspecified atom stereocenters. The van der Waals surface area contributed by atoms with Crippen LogP contribution < -0.4 is 15.6 Å². The monoisotopic (exact) mass is 639 g/mol. The molecule has 2 aliphatic heterocycles. The number of fused-ring (bicyclic) bond motifs is 2. The van der Waals surface area contributed by atoms with Crippen molar-refractivity contribution in [1.82, 2.24) is 19.5 Å². The molecule has 0 saturated carbocycles. The molecule has 2 aromatic heterocycles. The summed E-state index contributed by atoms with van der Waals surface area (Å²) in [6.07, 6.45) is 0.256. The maximum Gasteiger partial charge on any atom is 0.280 e. The van der Waals surface area contributed by atoms with Crippen LogP contribution in [-0.2, 0) is 19.7 Å². The lowest BCUT2D eigenvalue weighted by Crippen LogP contribution is -2.48. The summed E-state index contributed by atoms with van der Waals surface area (Å²) in [4.78, 5) is 26.0. The van der Waals surface area contributed by atoms with Crippen LogP contribution in [0.1, 0.15) is 57.0 Å². The number of hydrogen-bond donors (Lipinski definition) is 2. The summed E-state index contributed by atoms with van der Waals surface area (Å²) in [6, 6.07) is 27.7. The lowest BCUT2D eigenvalue weighted by Gasteiger charge is -2.37. The number of halogens is 1. The molecule has 47 heavy (non-hydrogen) atoms. The standard InChI is InChI=1S/C36H38FN5O5/c1-6-35(21-37)30-34(4,47-33(2,3)45-30)31(46-35)42-22-38-27-28(42)39-32(40-29(27)43)41-36(23-13-9-7-10-14-23,24-15-11-8-12-16-24)25-17-19-26(44-5)20-18-25/h7-20,22,30-31H,6,21H2,1-5H3,(H2,39,40,41,43)/t30-,31+,34+,35-/m0/s1. The Morgan fingerprint density at radius 1 is 0.957 bits per heavy atom. The number of methoxy groups -OCH3 is 1. The van der Waals surface area contributed by atoms with E-state index in [4.69, 9.17) is 23.9 Å². The van der Waals surface area contributed by atoms with Gasteiger partial charge in [-0.2, -0.15) is 4.98 Å². The summed E-state index contributed by atoms with van der Waals surface area (Å²) in [5, 5.41) is 3.62. The molecule has 0 amide bonds. The third-order valence-electron chi connectivity index (χ3n) is 9.45. The van der Waals surface area contributed by atoms with E-state index in [1.807, 2.05) is 98.8 Å². The normalized spacial score (nSPS) is 25.1. The minimum Gasteiger partial charge on any atom is -0.497 e. The number of hydrogen-bond acceptors (Lipinski definition) is 8. The number of nitrogens with one attached hydrogen (secondary N) is 2. The highest BCUT2D eigenvalue weighted by Gasteiger charge is 2.70. The Hall–Kier alpha value is -4.58. The summed E-state index contributed by atoms with van der Waals surface area (Å²) in [6.45, 7) is 6.54. The second kappa shape index (κ2) is 11.3. The zero-order chi connectivity index (χ0) is 33.0. The summed E-state index contributed by atoms with van der Waals surface area (Å²) in [7, 11) is 1.63. The Morgan fingerprint density at radius 2 is 1.57 bits per heavy atom. The molecule has 5 aromatic rings. The van der Waals surface area contributed by atoms with Gasteiger partial charge in [0.2, 0.25) is 5.95 Å². The van der Waals surface area contributed by atoms with Gasteiger partial charge in [0.15, 0.2) is 23.2 Å². The number of aromatic amines is 1. The van der Waals surface area contributed by atoms with E-state index < -0.39 is 47.1 Å². The third-order valence-corrected chi connectivity index (χ3v) is 9.45. The number of nitrogens with zero attached hydrogens (tertiary/aromatic N) is 3. The van der Waals surface area contributed by atoms with Crippen molar-refractivity contribution in [1.29, 1.82) is 0 Å². The SMILES string of the molecule is CC[C@@]1(CF)O[C@@H](n2cnc3c(=O)[nH]c(NC(c4ccccc4)(c4ccccc4)c4ccc(OC)cc4)nc32)[C@]2(C)OC(C)(C)O[C@H]12. The fraction of sp³-hybridized carbons (Fsp3) is 0.361.